The molecule has 2 aromatic carbocycles. The van der Waals surface area contributed by atoms with Crippen molar-refractivity contribution in [2.24, 2.45) is 0 Å². The number of amides is 1. The molecule has 0 unspecified atom stereocenters. The molecule has 0 atom stereocenters. The minimum atomic E-state index is -0.698. The molecule has 1 amide bonds. The molecule has 0 saturated heterocycles. The molecule has 0 spiro atoms. The Labute approximate surface area is 202 Å². The first kappa shape index (κ1) is 24.9. The van der Waals surface area contributed by atoms with Crippen LogP contribution >= 0.6 is 23.2 Å². The number of ether oxygens (including phenoxy) is 1. The first-order valence-electron chi connectivity index (χ1n) is 10.2. The lowest BCUT2D eigenvalue weighted by atomic mass is 9.96. The third-order valence-corrected chi connectivity index (χ3v) is 5.30. The fourth-order valence-electron chi connectivity index (χ4n) is 3.13. The Morgan fingerprint density at radius 3 is 2.85 bits per heavy atom. The Hall–Kier alpha value is -2.75. The summed E-state index contributed by atoms with van der Waals surface area (Å²) in [5, 5.41) is 3.17. The highest BCUT2D eigenvalue weighted by Gasteiger charge is 2.22. The highest BCUT2D eigenvalue weighted by Crippen LogP contribution is 2.33. The molecular weight excluding hydrogens is 469 g/mol. The minimum absolute atomic E-state index is 0.0108. The number of nitrogens with zero attached hydrogens (tertiary/aromatic N) is 2. The number of carbonyl (C=O) groups excluding carboxylic acids is 1. The average molecular weight is 491 g/mol. The maximum atomic E-state index is 15.6. The molecule has 3 aromatic rings. The van der Waals surface area contributed by atoms with Crippen molar-refractivity contribution < 1.29 is 18.8 Å². The SMILES string of the molecule is [B]c1ccc(Nc2c(C(=O)NOCCOC=C)cc3c(ncn3CCCCCl)c2F)c(Cl)c1. The van der Waals surface area contributed by atoms with Gasteiger partial charge in [-0.3, -0.25) is 9.63 Å². The lowest BCUT2D eigenvalue weighted by Crippen LogP contribution is -2.26. The predicted molar refractivity (Wildman–Crippen MR) is 129 cm³/mol. The van der Waals surface area contributed by atoms with Gasteiger partial charge >= 0.3 is 0 Å². The van der Waals surface area contributed by atoms with Crippen molar-refractivity contribution in [2.45, 2.75) is 19.4 Å². The van der Waals surface area contributed by atoms with E-state index in [-0.39, 0.29) is 35.0 Å². The van der Waals surface area contributed by atoms with Crippen LogP contribution in [0.5, 0.6) is 0 Å². The number of carbonyl (C=O) groups is 1. The van der Waals surface area contributed by atoms with E-state index in [0.717, 1.165) is 12.8 Å². The van der Waals surface area contributed by atoms with E-state index in [4.69, 9.17) is 40.6 Å². The summed E-state index contributed by atoms with van der Waals surface area (Å²) in [6, 6.07) is 6.28. The number of aromatic nitrogens is 2. The summed E-state index contributed by atoms with van der Waals surface area (Å²) >= 11 is 12.0. The van der Waals surface area contributed by atoms with E-state index in [1.165, 1.54) is 18.7 Å². The number of unbranched alkanes of at least 4 members (excludes halogenated alkanes) is 1. The Morgan fingerprint density at radius 2 is 2.12 bits per heavy atom. The monoisotopic (exact) mass is 490 g/mol. The van der Waals surface area contributed by atoms with E-state index in [0.29, 0.717) is 29.1 Å². The maximum absolute atomic E-state index is 15.6. The lowest BCUT2D eigenvalue weighted by molar-refractivity contribution is 0.0145. The molecule has 0 fully saturated rings. The van der Waals surface area contributed by atoms with Crippen LogP contribution in [-0.2, 0) is 16.1 Å². The number of aryl methyl sites for hydroxylation is 1. The second-order valence-electron chi connectivity index (χ2n) is 7.00. The largest absolute Gasteiger partial charge is 0.499 e. The van der Waals surface area contributed by atoms with Crippen molar-refractivity contribution in [2.75, 3.05) is 24.4 Å². The summed E-state index contributed by atoms with van der Waals surface area (Å²) in [4.78, 5) is 22.3. The average Bonchev–Trinajstić information content (AvgIpc) is 3.20. The van der Waals surface area contributed by atoms with Gasteiger partial charge in [-0.05, 0) is 31.0 Å². The van der Waals surface area contributed by atoms with Crippen LogP contribution in [0.2, 0.25) is 5.02 Å². The Kier molecular flexibility index (Phi) is 8.99. The Morgan fingerprint density at radius 1 is 1.30 bits per heavy atom. The van der Waals surface area contributed by atoms with Gasteiger partial charge in [0.05, 0.1) is 40.1 Å². The third-order valence-electron chi connectivity index (χ3n) is 4.72. The van der Waals surface area contributed by atoms with Gasteiger partial charge in [0.2, 0.25) is 0 Å². The van der Waals surface area contributed by atoms with Crippen LogP contribution in [0.4, 0.5) is 15.8 Å². The van der Waals surface area contributed by atoms with Crippen molar-refractivity contribution in [3.8, 4) is 0 Å². The van der Waals surface area contributed by atoms with E-state index < -0.39 is 11.7 Å². The normalized spacial score (nSPS) is 10.9. The van der Waals surface area contributed by atoms with Crippen LogP contribution < -0.4 is 16.3 Å². The van der Waals surface area contributed by atoms with Crippen molar-refractivity contribution in [3.05, 3.63) is 59.8 Å². The zero-order valence-corrected chi connectivity index (χ0v) is 19.3. The standard InChI is InChI=1S/C22H22BCl2FN4O3/c1-2-32-9-10-33-29-22(31)15-12-18-21(27-13-30(18)8-4-3-7-24)19(26)20(15)28-17-6-5-14(23)11-16(17)25/h2,5-6,11-13,28H,1,3-4,7-10H2,(H,29,31). The summed E-state index contributed by atoms with van der Waals surface area (Å²) in [5.41, 5.74) is 3.63. The fourth-order valence-corrected chi connectivity index (χ4v) is 3.55. The van der Waals surface area contributed by atoms with Gasteiger partial charge in [0.25, 0.3) is 5.91 Å². The van der Waals surface area contributed by atoms with Gasteiger partial charge in [0.1, 0.15) is 26.6 Å². The first-order valence-corrected chi connectivity index (χ1v) is 11.1. The fraction of sp³-hybridized carbons (Fsp3) is 0.273. The van der Waals surface area contributed by atoms with Crippen LogP contribution in [0.3, 0.4) is 0 Å². The number of fused-ring (bicyclic) bond motifs is 1. The number of nitrogens with one attached hydrogen (secondary N) is 2. The van der Waals surface area contributed by atoms with Gasteiger partial charge in [0, 0.05) is 12.4 Å². The van der Waals surface area contributed by atoms with E-state index in [2.05, 4.69) is 22.4 Å². The zero-order chi connectivity index (χ0) is 23.8. The summed E-state index contributed by atoms with van der Waals surface area (Å²) in [5.74, 6) is -0.827. The van der Waals surface area contributed by atoms with Crippen LogP contribution in [0.1, 0.15) is 23.2 Å². The number of hydrogen-bond acceptors (Lipinski definition) is 5. The van der Waals surface area contributed by atoms with Crippen molar-refractivity contribution in [1.82, 2.24) is 15.0 Å². The molecule has 2 N–H and O–H groups in total. The molecule has 0 aliphatic carbocycles. The van der Waals surface area contributed by atoms with Gasteiger partial charge in [-0.2, -0.15) is 0 Å². The molecule has 11 heteroatoms. The Balaban J connectivity index is 1.98. The molecule has 172 valence electrons. The third kappa shape index (κ3) is 6.19. The number of benzene rings is 2. The molecule has 0 aliphatic heterocycles. The highest BCUT2D eigenvalue weighted by molar-refractivity contribution is 6.37. The van der Waals surface area contributed by atoms with E-state index >= 15 is 4.39 Å². The summed E-state index contributed by atoms with van der Waals surface area (Å²) < 4.78 is 22.3. The van der Waals surface area contributed by atoms with Crippen LogP contribution in [-0.4, -0.2) is 42.4 Å². The molecule has 1 aromatic heterocycles. The molecule has 2 radical (unpaired) electrons. The van der Waals surface area contributed by atoms with Gasteiger partial charge in [-0.25, -0.2) is 14.9 Å². The van der Waals surface area contributed by atoms with Crippen molar-refractivity contribution >= 4 is 64.8 Å². The van der Waals surface area contributed by atoms with E-state index in [1.54, 1.807) is 22.8 Å². The summed E-state index contributed by atoms with van der Waals surface area (Å²) in [6.45, 7) is 4.27. The molecule has 0 aliphatic rings. The maximum Gasteiger partial charge on any atom is 0.277 e. The van der Waals surface area contributed by atoms with Gasteiger partial charge in [-0.1, -0.05) is 29.7 Å². The molecule has 0 bridgehead atoms. The quantitative estimate of drug-likeness (QED) is 0.131. The lowest BCUT2D eigenvalue weighted by Gasteiger charge is -2.16. The topological polar surface area (TPSA) is 77.4 Å². The van der Waals surface area contributed by atoms with E-state index in [9.17, 15) is 4.79 Å². The minimum Gasteiger partial charge on any atom is -0.499 e. The Bertz CT molecular complexity index is 1140. The molecule has 7 nitrogen and oxygen atoms in total. The molecule has 33 heavy (non-hydrogen) atoms. The molecule has 0 saturated carbocycles. The first-order chi connectivity index (χ1) is 16.0. The van der Waals surface area contributed by atoms with E-state index in [1.807, 2.05) is 0 Å². The smallest absolute Gasteiger partial charge is 0.277 e. The zero-order valence-electron chi connectivity index (χ0n) is 17.7. The van der Waals surface area contributed by atoms with Crippen molar-refractivity contribution in [1.29, 1.82) is 0 Å². The predicted octanol–water partition coefficient (Wildman–Crippen LogP) is 4.21. The number of imidazole rings is 1. The number of hydroxylamine groups is 1. The van der Waals surface area contributed by atoms with Crippen molar-refractivity contribution in [3.63, 3.8) is 0 Å². The molecule has 1 heterocycles. The van der Waals surface area contributed by atoms with Crippen LogP contribution in [0, 0.1) is 5.82 Å². The second kappa shape index (κ2) is 11.9. The van der Waals surface area contributed by atoms with Crippen LogP contribution in [0.25, 0.3) is 11.0 Å². The molecular formula is C22H22BCl2FN4O3. The van der Waals surface area contributed by atoms with Gasteiger partial charge in [0.15, 0.2) is 5.82 Å². The summed E-state index contributed by atoms with van der Waals surface area (Å²) in [6.07, 6.45) is 4.38. The molecule has 3 rings (SSSR count). The summed E-state index contributed by atoms with van der Waals surface area (Å²) in [7, 11) is 5.74. The number of halogens is 3. The second-order valence-corrected chi connectivity index (χ2v) is 7.78. The highest BCUT2D eigenvalue weighted by atomic mass is 35.5. The number of anilines is 2. The van der Waals surface area contributed by atoms with Crippen LogP contribution in [0.15, 0.2) is 43.4 Å². The van der Waals surface area contributed by atoms with Gasteiger partial charge in [-0.15, -0.1) is 11.6 Å². The van der Waals surface area contributed by atoms with Gasteiger partial charge < -0.3 is 14.6 Å². The number of rotatable bonds is 12. The number of hydrogen-bond donors (Lipinski definition) is 2. The number of alkyl halides is 1.